The third-order valence-electron chi connectivity index (χ3n) is 3.19. The molecule has 2 aromatic rings. The molecule has 0 aliphatic carbocycles. The average molecular weight is 248 g/mol. The summed E-state index contributed by atoms with van der Waals surface area (Å²) in [7, 11) is 3.71. The molecule has 1 atom stereocenters. The summed E-state index contributed by atoms with van der Waals surface area (Å²) >= 11 is 0. The Morgan fingerprint density at radius 1 is 1.61 bits per heavy atom. The Morgan fingerprint density at radius 3 is 2.94 bits per heavy atom. The van der Waals surface area contributed by atoms with Crippen LogP contribution in [0, 0.1) is 0 Å². The third kappa shape index (κ3) is 1.74. The molecule has 6 heteroatoms. The molecule has 1 saturated heterocycles. The number of hydrogen-bond donors (Lipinski definition) is 2. The molecule has 2 aromatic heterocycles. The van der Waals surface area contributed by atoms with E-state index >= 15 is 0 Å². The summed E-state index contributed by atoms with van der Waals surface area (Å²) in [5.74, 6) is 0. The predicted molar refractivity (Wildman–Crippen MR) is 68.7 cm³/mol. The van der Waals surface area contributed by atoms with E-state index < -0.39 is 0 Å². The van der Waals surface area contributed by atoms with Gasteiger partial charge in [-0.1, -0.05) is 0 Å². The molecule has 3 heterocycles. The number of anilines is 1. The van der Waals surface area contributed by atoms with Gasteiger partial charge >= 0.3 is 0 Å². The largest absolute Gasteiger partial charge is 0.382 e. The van der Waals surface area contributed by atoms with Crippen LogP contribution < -0.4 is 10.9 Å². The van der Waals surface area contributed by atoms with Crippen LogP contribution in [0.1, 0.15) is 0 Å². The first-order chi connectivity index (χ1) is 8.70. The summed E-state index contributed by atoms with van der Waals surface area (Å²) in [5.41, 5.74) is 2.35. The van der Waals surface area contributed by atoms with Gasteiger partial charge in [-0.3, -0.25) is 9.89 Å². The van der Waals surface area contributed by atoms with E-state index in [1.807, 2.05) is 29.9 Å². The lowest BCUT2D eigenvalue weighted by Crippen LogP contribution is -2.20. The minimum atomic E-state index is -0.0378. The van der Waals surface area contributed by atoms with E-state index in [1.54, 1.807) is 11.7 Å². The predicted octanol–water partition coefficient (Wildman–Crippen LogP) is 0.622. The van der Waals surface area contributed by atoms with Gasteiger partial charge in [-0.2, -0.15) is 0 Å². The van der Waals surface area contributed by atoms with E-state index in [1.165, 1.54) is 0 Å². The number of hydrogen-bond acceptors (Lipinski definition) is 3. The van der Waals surface area contributed by atoms with E-state index in [0.29, 0.717) is 12.2 Å². The molecule has 1 aliphatic heterocycles. The Hall–Kier alpha value is -1.95. The Morgan fingerprint density at radius 2 is 2.39 bits per heavy atom. The highest BCUT2D eigenvalue weighted by molar-refractivity contribution is 5.71. The summed E-state index contributed by atoms with van der Waals surface area (Å²) < 4.78 is 8.74. The lowest BCUT2D eigenvalue weighted by Gasteiger charge is -2.03. The Balaban J connectivity index is 2.08. The van der Waals surface area contributed by atoms with Crippen molar-refractivity contribution in [3.63, 3.8) is 0 Å². The van der Waals surface area contributed by atoms with Crippen molar-refractivity contribution in [3.8, 4) is 11.4 Å². The van der Waals surface area contributed by atoms with Gasteiger partial charge in [0.2, 0.25) is 0 Å². The van der Waals surface area contributed by atoms with Gasteiger partial charge in [-0.25, -0.2) is 4.68 Å². The van der Waals surface area contributed by atoms with Crippen molar-refractivity contribution in [2.75, 3.05) is 19.0 Å². The van der Waals surface area contributed by atoms with Crippen molar-refractivity contribution >= 4 is 5.69 Å². The molecule has 1 aliphatic rings. The van der Waals surface area contributed by atoms with E-state index in [2.05, 4.69) is 10.4 Å². The van der Waals surface area contributed by atoms with Gasteiger partial charge in [0.15, 0.2) is 0 Å². The fraction of sp³-hybridized carbons (Fsp3) is 0.417. The standard InChI is InChI=1S/C12H16N4O2/c1-13-11-10(9-4-3-5-15(9)2)14-16(12(11)17)6-8-7-18-8/h3-5,8,13-14H,6-7H2,1-2H3. The van der Waals surface area contributed by atoms with Crippen molar-refractivity contribution in [3.05, 3.63) is 28.7 Å². The lowest BCUT2D eigenvalue weighted by atomic mass is 10.3. The highest BCUT2D eigenvalue weighted by Gasteiger charge is 2.25. The van der Waals surface area contributed by atoms with E-state index in [9.17, 15) is 4.79 Å². The number of aromatic amines is 1. The molecule has 96 valence electrons. The van der Waals surface area contributed by atoms with Crippen LogP contribution in [-0.2, 0) is 18.3 Å². The van der Waals surface area contributed by atoms with Crippen LogP contribution in [0.3, 0.4) is 0 Å². The first kappa shape index (κ1) is 11.2. The second-order valence-electron chi connectivity index (χ2n) is 4.49. The Bertz CT molecular complexity index is 618. The molecule has 0 spiro atoms. The van der Waals surface area contributed by atoms with Gasteiger partial charge in [0.25, 0.3) is 5.56 Å². The summed E-state index contributed by atoms with van der Waals surface area (Å²) in [6.45, 7) is 1.32. The van der Waals surface area contributed by atoms with Gasteiger partial charge in [0, 0.05) is 20.3 Å². The minimum absolute atomic E-state index is 0.0378. The number of nitrogens with one attached hydrogen (secondary N) is 2. The van der Waals surface area contributed by atoms with E-state index in [-0.39, 0.29) is 11.7 Å². The van der Waals surface area contributed by atoms with Crippen molar-refractivity contribution < 1.29 is 4.74 Å². The van der Waals surface area contributed by atoms with Crippen molar-refractivity contribution in [1.82, 2.24) is 14.3 Å². The molecular weight excluding hydrogens is 232 g/mol. The fourth-order valence-electron chi connectivity index (χ4n) is 2.13. The zero-order chi connectivity index (χ0) is 12.7. The molecule has 0 amide bonds. The fourth-order valence-corrected chi connectivity index (χ4v) is 2.13. The zero-order valence-electron chi connectivity index (χ0n) is 10.4. The van der Waals surface area contributed by atoms with Crippen LogP contribution in [0.5, 0.6) is 0 Å². The highest BCUT2D eigenvalue weighted by Crippen LogP contribution is 2.23. The topological polar surface area (TPSA) is 67.3 Å². The number of aromatic nitrogens is 3. The molecule has 0 radical (unpaired) electrons. The molecule has 1 fully saturated rings. The third-order valence-corrected chi connectivity index (χ3v) is 3.19. The monoisotopic (exact) mass is 248 g/mol. The maximum atomic E-state index is 12.2. The maximum absolute atomic E-state index is 12.2. The van der Waals surface area contributed by atoms with Crippen LogP contribution in [0.4, 0.5) is 5.69 Å². The minimum Gasteiger partial charge on any atom is -0.382 e. The molecule has 0 saturated carbocycles. The van der Waals surface area contributed by atoms with Gasteiger partial charge < -0.3 is 14.6 Å². The van der Waals surface area contributed by atoms with Crippen LogP contribution in [-0.4, -0.2) is 34.1 Å². The Kier molecular flexibility index (Phi) is 2.52. The second kappa shape index (κ2) is 4.06. The number of rotatable bonds is 4. The molecule has 18 heavy (non-hydrogen) atoms. The smallest absolute Gasteiger partial charge is 0.290 e. The Labute approximate surface area is 104 Å². The molecular formula is C12H16N4O2. The molecule has 6 nitrogen and oxygen atoms in total. The van der Waals surface area contributed by atoms with Crippen molar-refractivity contribution in [1.29, 1.82) is 0 Å². The first-order valence-corrected chi connectivity index (χ1v) is 5.94. The summed E-state index contributed by atoms with van der Waals surface area (Å²) in [6, 6.07) is 3.93. The average Bonchev–Trinajstić information content (AvgIpc) is 2.99. The van der Waals surface area contributed by atoms with E-state index in [4.69, 9.17) is 4.74 Å². The van der Waals surface area contributed by atoms with Crippen LogP contribution in [0.25, 0.3) is 11.4 Å². The zero-order valence-corrected chi connectivity index (χ0v) is 10.4. The van der Waals surface area contributed by atoms with Gasteiger partial charge in [0.05, 0.1) is 18.8 Å². The van der Waals surface area contributed by atoms with Gasteiger partial charge in [-0.15, -0.1) is 0 Å². The van der Waals surface area contributed by atoms with Crippen LogP contribution >= 0.6 is 0 Å². The number of aryl methyl sites for hydroxylation is 1. The summed E-state index contributed by atoms with van der Waals surface area (Å²) in [6.07, 6.45) is 2.13. The second-order valence-corrected chi connectivity index (χ2v) is 4.49. The molecule has 3 rings (SSSR count). The maximum Gasteiger partial charge on any atom is 0.290 e. The molecule has 1 unspecified atom stereocenters. The highest BCUT2D eigenvalue weighted by atomic mass is 16.6. The van der Waals surface area contributed by atoms with Crippen LogP contribution in [0.15, 0.2) is 23.1 Å². The van der Waals surface area contributed by atoms with Crippen molar-refractivity contribution in [2.45, 2.75) is 12.6 Å². The normalized spacial score (nSPS) is 18.0. The van der Waals surface area contributed by atoms with Crippen LogP contribution in [0.2, 0.25) is 0 Å². The lowest BCUT2D eigenvalue weighted by molar-refractivity contribution is 0.371. The summed E-state index contributed by atoms with van der Waals surface area (Å²) in [4.78, 5) is 12.2. The van der Waals surface area contributed by atoms with Gasteiger partial charge in [-0.05, 0) is 12.1 Å². The number of epoxide rings is 1. The summed E-state index contributed by atoms with van der Waals surface area (Å²) in [5, 5.41) is 6.13. The first-order valence-electron chi connectivity index (χ1n) is 5.94. The molecule has 2 N–H and O–H groups in total. The number of ether oxygens (including phenoxy) is 1. The SMILES string of the molecule is CNc1c(-c2cccn2C)[nH]n(CC2CO2)c1=O. The van der Waals surface area contributed by atoms with Gasteiger partial charge in [0.1, 0.15) is 17.5 Å². The molecule has 0 aromatic carbocycles. The quantitative estimate of drug-likeness (QED) is 0.780. The van der Waals surface area contributed by atoms with Crippen molar-refractivity contribution in [2.24, 2.45) is 7.05 Å². The number of H-pyrrole nitrogens is 1. The van der Waals surface area contributed by atoms with E-state index in [0.717, 1.165) is 18.0 Å². The molecule has 0 bridgehead atoms. The number of nitrogens with zero attached hydrogens (tertiary/aromatic N) is 2.